The summed E-state index contributed by atoms with van der Waals surface area (Å²) in [4.78, 5) is 4.87. The minimum atomic E-state index is -5.58. The van der Waals surface area contributed by atoms with Crippen molar-refractivity contribution in [2.45, 2.75) is 43.2 Å². The summed E-state index contributed by atoms with van der Waals surface area (Å²) in [5.41, 5.74) is -3.29. The Morgan fingerprint density at radius 1 is 1.20 bits per heavy atom. The molecule has 1 aliphatic heterocycles. The van der Waals surface area contributed by atoms with E-state index in [1.165, 1.54) is 13.8 Å². The Labute approximate surface area is 165 Å². The van der Waals surface area contributed by atoms with E-state index in [1.807, 2.05) is 5.48 Å². The molecule has 1 aromatic heterocycles. The van der Waals surface area contributed by atoms with Gasteiger partial charge in [-0.2, -0.15) is 44.6 Å². The Bertz CT molecular complexity index is 856. The van der Waals surface area contributed by atoms with Crippen LogP contribution in [0.15, 0.2) is 11.1 Å². The molecule has 0 aromatic carbocycles. The predicted molar refractivity (Wildman–Crippen MR) is 83.1 cm³/mol. The zero-order chi connectivity index (χ0) is 23.3. The Morgan fingerprint density at radius 2 is 1.77 bits per heavy atom. The molecule has 172 valence electrons. The fourth-order valence-electron chi connectivity index (χ4n) is 2.47. The van der Waals surface area contributed by atoms with Crippen LogP contribution in [0.3, 0.4) is 0 Å². The smallest absolute Gasteiger partial charge is 0.435 e. The molecule has 0 amide bonds. The minimum absolute atomic E-state index is 0.0801. The molecular formula is C14H14F9N3O3S. The molecule has 2 heterocycles. The molecule has 30 heavy (non-hydrogen) atoms. The zero-order valence-electron chi connectivity index (χ0n) is 15.3. The number of ether oxygens (including phenoxy) is 1. The summed E-state index contributed by atoms with van der Waals surface area (Å²) in [6, 6.07) is 0. The van der Waals surface area contributed by atoms with Gasteiger partial charge in [0.1, 0.15) is 10.6 Å². The average Bonchev–Trinajstić information content (AvgIpc) is 3.03. The van der Waals surface area contributed by atoms with Gasteiger partial charge in [0.15, 0.2) is 17.6 Å². The molecule has 0 saturated heterocycles. The predicted octanol–water partition coefficient (Wildman–Crippen LogP) is 3.89. The molecule has 2 unspecified atom stereocenters. The van der Waals surface area contributed by atoms with Crippen molar-refractivity contribution in [3.05, 3.63) is 22.4 Å². The summed E-state index contributed by atoms with van der Waals surface area (Å²) >= 11 is 0. The number of hydroxylamine groups is 1. The van der Waals surface area contributed by atoms with Gasteiger partial charge in [0.25, 0.3) is 0 Å². The maximum atomic E-state index is 13.8. The largest absolute Gasteiger partial charge is 0.468 e. The molecule has 0 aliphatic carbocycles. The van der Waals surface area contributed by atoms with Gasteiger partial charge in [-0.3, -0.25) is 14.5 Å². The highest BCUT2D eigenvalue weighted by atomic mass is 32.2. The Kier molecular flexibility index (Phi) is 6.17. The second-order valence-corrected chi connectivity index (χ2v) is 8.13. The van der Waals surface area contributed by atoms with Crippen LogP contribution in [-0.4, -0.2) is 38.5 Å². The number of hydrogen-bond acceptors (Lipinski definition) is 5. The van der Waals surface area contributed by atoms with Crippen LogP contribution in [0.4, 0.5) is 39.5 Å². The van der Waals surface area contributed by atoms with E-state index >= 15 is 0 Å². The van der Waals surface area contributed by atoms with Crippen molar-refractivity contribution in [2.75, 3.05) is 6.61 Å². The summed E-state index contributed by atoms with van der Waals surface area (Å²) in [7, 11) is -2.61. The molecule has 16 heteroatoms. The van der Waals surface area contributed by atoms with Crippen molar-refractivity contribution >= 4 is 10.8 Å². The maximum absolute atomic E-state index is 13.8. The highest BCUT2D eigenvalue weighted by molar-refractivity contribution is 7.89. The Morgan fingerprint density at radius 3 is 2.17 bits per heavy atom. The van der Waals surface area contributed by atoms with Crippen LogP contribution in [0.5, 0.6) is 5.88 Å². The molecule has 1 N–H and O–H groups in total. The van der Waals surface area contributed by atoms with Gasteiger partial charge in [0, 0.05) is 7.05 Å². The first kappa shape index (κ1) is 24.3. The number of nitrogens with one attached hydrogen (secondary N) is 1. The zero-order valence-corrected chi connectivity index (χ0v) is 16.1. The SMILES string of the molecule is Cn1nc(C(F)(F)F)c(C(S(=O)C2=CC(C)(C)ON2)C(F)(F)F)c1OCC(F)(F)F. The van der Waals surface area contributed by atoms with Gasteiger partial charge in [0.05, 0.1) is 16.4 Å². The summed E-state index contributed by atoms with van der Waals surface area (Å²) < 4.78 is 136. The quantitative estimate of drug-likeness (QED) is 0.655. The standard InChI is InChI=1S/C14H14F9N3O3S/c1-11(2)4-6(25-29-11)30(27)9(14(21,22)23)7-8(13(18,19)20)24-26(3)10(7)28-5-12(15,16)17/h4,9,25H,5H2,1-3H3. The van der Waals surface area contributed by atoms with Crippen molar-refractivity contribution < 1.29 is 53.3 Å². The van der Waals surface area contributed by atoms with Crippen LogP contribution in [0.1, 0.15) is 30.4 Å². The lowest BCUT2D eigenvalue weighted by Crippen LogP contribution is -2.31. The summed E-state index contributed by atoms with van der Waals surface area (Å²) in [5, 5.41) is -1.27. The topological polar surface area (TPSA) is 65.4 Å². The normalized spacial score (nSPS) is 19.3. The first-order chi connectivity index (χ1) is 13.3. The van der Waals surface area contributed by atoms with Gasteiger partial charge in [-0.25, -0.2) is 4.68 Å². The van der Waals surface area contributed by atoms with Gasteiger partial charge in [-0.1, -0.05) is 0 Å². The molecule has 2 rings (SSSR count). The molecule has 1 aliphatic rings. The number of aryl methyl sites for hydroxylation is 1. The van der Waals surface area contributed by atoms with Crippen LogP contribution in [0.2, 0.25) is 0 Å². The fourth-order valence-corrected chi connectivity index (χ4v) is 3.91. The van der Waals surface area contributed by atoms with E-state index in [4.69, 9.17) is 4.84 Å². The van der Waals surface area contributed by atoms with Gasteiger partial charge in [-0.15, -0.1) is 0 Å². The molecule has 0 fully saturated rings. The molecule has 1 aromatic rings. The Hall–Kier alpha value is -1.97. The highest BCUT2D eigenvalue weighted by Crippen LogP contribution is 2.48. The number of alkyl halides is 9. The van der Waals surface area contributed by atoms with Gasteiger partial charge in [-0.05, 0) is 19.9 Å². The second kappa shape index (κ2) is 7.62. The molecule has 0 spiro atoms. The van der Waals surface area contributed by atoms with Gasteiger partial charge >= 0.3 is 18.5 Å². The van der Waals surface area contributed by atoms with E-state index in [9.17, 15) is 43.7 Å². The van der Waals surface area contributed by atoms with Crippen molar-refractivity contribution in [2.24, 2.45) is 7.05 Å². The van der Waals surface area contributed by atoms with Crippen LogP contribution in [0.25, 0.3) is 0 Å². The number of hydrogen-bond donors (Lipinski definition) is 1. The van der Waals surface area contributed by atoms with Crippen molar-refractivity contribution in [3.8, 4) is 5.88 Å². The third-order valence-corrected chi connectivity index (χ3v) is 5.12. The van der Waals surface area contributed by atoms with Crippen LogP contribution >= 0.6 is 0 Å². The lowest BCUT2D eigenvalue weighted by atomic mass is 10.1. The lowest BCUT2D eigenvalue weighted by molar-refractivity contribution is -0.155. The van der Waals surface area contributed by atoms with Crippen molar-refractivity contribution in [1.29, 1.82) is 0 Å². The molecule has 6 nitrogen and oxygen atoms in total. The number of nitrogens with zero attached hydrogens (tertiary/aromatic N) is 2. The summed E-state index contributed by atoms with van der Waals surface area (Å²) in [6.45, 7) is 0.525. The average molecular weight is 475 g/mol. The highest BCUT2D eigenvalue weighted by Gasteiger charge is 2.55. The van der Waals surface area contributed by atoms with Crippen LogP contribution in [0, 0.1) is 0 Å². The first-order valence-corrected chi connectivity index (χ1v) is 9.02. The third-order valence-electron chi connectivity index (χ3n) is 3.55. The number of aromatic nitrogens is 2. The molecular weight excluding hydrogens is 461 g/mol. The number of halogens is 9. The van der Waals surface area contributed by atoms with Gasteiger partial charge in [0.2, 0.25) is 5.88 Å². The fraction of sp³-hybridized carbons (Fsp3) is 0.643. The first-order valence-electron chi connectivity index (χ1n) is 7.81. The molecule has 0 bridgehead atoms. The second-order valence-electron chi connectivity index (χ2n) is 6.63. The summed E-state index contributed by atoms with van der Waals surface area (Å²) in [6.07, 6.45) is -15.2. The van der Waals surface area contributed by atoms with Crippen LogP contribution < -0.4 is 10.2 Å². The van der Waals surface area contributed by atoms with E-state index in [0.717, 1.165) is 6.08 Å². The monoisotopic (exact) mass is 475 g/mol. The van der Waals surface area contributed by atoms with Crippen molar-refractivity contribution in [3.63, 3.8) is 0 Å². The van der Waals surface area contributed by atoms with E-state index in [2.05, 4.69) is 9.84 Å². The van der Waals surface area contributed by atoms with E-state index in [-0.39, 0.29) is 4.68 Å². The molecule has 0 radical (unpaired) electrons. The van der Waals surface area contributed by atoms with E-state index in [1.54, 1.807) is 0 Å². The van der Waals surface area contributed by atoms with Crippen molar-refractivity contribution in [1.82, 2.24) is 15.3 Å². The van der Waals surface area contributed by atoms with Crippen LogP contribution in [-0.2, 0) is 28.9 Å². The van der Waals surface area contributed by atoms with Gasteiger partial charge < -0.3 is 4.74 Å². The summed E-state index contributed by atoms with van der Waals surface area (Å²) in [5.74, 6) is -1.46. The minimum Gasteiger partial charge on any atom is -0.468 e. The van der Waals surface area contributed by atoms with E-state index < -0.39 is 69.0 Å². The maximum Gasteiger partial charge on any atom is 0.435 e. The molecule has 2 atom stereocenters. The molecule has 0 saturated carbocycles. The van der Waals surface area contributed by atoms with E-state index in [0.29, 0.717) is 7.05 Å². The number of rotatable bonds is 5. The third kappa shape index (κ3) is 5.39. The Balaban J connectivity index is 2.69. The lowest BCUT2D eigenvalue weighted by Gasteiger charge is -2.22.